The van der Waals surface area contributed by atoms with E-state index < -0.39 is 11.7 Å². The van der Waals surface area contributed by atoms with Crippen LogP contribution in [0.5, 0.6) is 0 Å². The van der Waals surface area contributed by atoms with Crippen molar-refractivity contribution in [2.24, 2.45) is 11.5 Å². The minimum absolute atomic E-state index is 0.00404. The molecule has 0 radical (unpaired) electrons. The van der Waals surface area contributed by atoms with E-state index in [1.165, 1.54) is 12.3 Å². The largest absolute Gasteiger partial charge is 0.380 e. The minimum atomic E-state index is -0.645. The number of carbonyl (C=O) groups is 1. The molecular formula is C16H19FN6O2. The molecule has 3 rings (SSSR count). The van der Waals surface area contributed by atoms with Crippen molar-refractivity contribution in [3.63, 3.8) is 0 Å². The first-order valence-electron chi connectivity index (χ1n) is 7.81. The fourth-order valence-corrected chi connectivity index (χ4v) is 2.58. The molecule has 25 heavy (non-hydrogen) atoms. The number of hydrogen-bond acceptors (Lipinski definition) is 7. The topological polar surface area (TPSA) is 128 Å². The van der Waals surface area contributed by atoms with Gasteiger partial charge < -0.3 is 26.8 Å². The third kappa shape index (κ3) is 4.20. The van der Waals surface area contributed by atoms with Gasteiger partial charge in [0, 0.05) is 24.8 Å². The van der Waals surface area contributed by atoms with Crippen molar-refractivity contribution in [3.05, 3.63) is 42.0 Å². The molecule has 0 aliphatic carbocycles. The summed E-state index contributed by atoms with van der Waals surface area (Å²) in [6, 6.07) is 4.29. The molecular weight excluding hydrogens is 327 g/mol. The number of primary amides is 1. The lowest BCUT2D eigenvalue weighted by Gasteiger charge is -2.29. The fraction of sp³-hybridized carbons (Fsp3) is 0.312. The highest BCUT2D eigenvalue weighted by atomic mass is 19.1. The van der Waals surface area contributed by atoms with E-state index in [1.807, 2.05) is 0 Å². The maximum Gasteiger partial charge on any atom is 0.252 e. The number of nitrogens with two attached hydrogens (primary N) is 2. The van der Waals surface area contributed by atoms with Crippen molar-refractivity contribution >= 4 is 23.2 Å². The van der Waals surface area contributed by atoms with Gasteiger partial charge in [0.15, 0.2) is 0 Å². The first kappa shape index (κ1) is 17.1. The normalized spacial score (nSPS) is 20.1. The van der Waals surface area contributed by atoms with E-state index in [0.29, 0.717) is 24.7 Å². The second-order valence-corrected chi connectivity index (χ2v) is 5.75. The van der Waals surface area contributed by atoms with Gasteiger partial charge in [-0.2, -0.15) is 0 Å². The summed E-state index contributed by atoms with van der Waals surface area (Å²) in [5, 5.41) is 6.11. The van der Waals surface area contributed by atoms with Gasteiger partial charge in [-0.15, -0.1) is 0 Å². The molecule has 9 heteroatoms. The number of ether oxygens (including phenoxy) is 1. The first-order valence-corrected chi connectivity index (χ1v) is 7.81. The van der Waals surface area contributed by atoms with Crippen LogP contribution < -0.4 is 22.1 Å². The molecule has 0 bridgehead atoms. The Morgan fingerprint density at radius 1 is 1.36 bits per heavy atom. The number of rotatable bonds is 5. The average Bonchev–Trinajstić information content (AvgIpc) is 2.57. The average molecular weight is 346 g/mol. The summed E-state index contributed by atoms with van der Waals surface area (Å²) in [6.07, 6.45) is 3.25. The van der Waals surface area contributed by atoms with Gasteiger partial charge in [-0.05, 0) is 18.6 Å². The SMILES string of the molecule is NC(=O)c1ccc(NC2CCOCC2N)nc1Nc1cncc(F)c1. The smallest absolute Gasteiger partial charge is 0.252 e. The highest BCUT2D eigenvalue weighted by molar-refractivity contribution is 5.98. The van der Waals surface area contributed by atoms with Crippen LogP contribution in [0, 0.1) is 5.82 Å². The van der Waals surface area contributed by atoms with Crippen LogP contribution >= 0.6 is 0 Å². The minimum Gasteiger partial charge on any atom is -0.380 e. The van der Waals surface area contributed by atoms with Gasteiger partial charge in [0.1, 0.15) is 17.5 Å². The lowest BCUT2D eigenvalue weighted by atomic mass is 10.0. The Balaban J connectivity index is 1.85. The van der Waals surface area contributed by atoms with Gasteiger partial charge in [0.25, 0.3) is 5.91 Å². The van der Waals surface area contributed by atoms with E-state index in [0.717, 1.165) is 12.6 Å². The van der Waals surface area contributed by atoms with Crippen LogP contribution in [0.3, 0.4) is 0 Å². The van der Waals surface area contributed by atoms with Crippen molar-refractivity contribution < 1.29 is 13.9 Å². The molecule has 132 valence electrons. The lowest BCUT2D eigenvalue weighted by molar-refractivity contribution is 0.0752. The maximum atomic E-state index is 13.3. The fourth-order valence-electron chi connectivity index (χ4n) is 2.58. The number of nitrogens with one attached hydrogen (secondary N) is 2. The molecule has 6 N–H and O–H groups in total. The standard InChI is InChI=1S/C16H19FN6O2/c17-9-5-10(7-20-6-9)21-16-11(15(19)24)1-2-14(23-16)22-13-3-4-25-8-12(13)18/h1-2,5-7,12-13H,3-4,8,18H2,(H2,19,24)(H2,21,22,23). The molecule has 1 aliphatic rings. The van der Waals surface area contributed by atoms with Crippen LogP contribution in [0.4, 0.5) is 21.7 Å². The molecule has 2 aromatic rings. The number of carbonyl (C=O) groups excluding carboxylic acids is 1. The number of halogens is 1. The quantitative estimate of drug-likeness (QED) is 0.635. The lowest BCUT2D eigenvalue weighted by Crippen LogP contribution is -2.47. The van der Waals surface area contributed by atoms with Crippen LogP contribution in [0.25, 0.3) is 0 Å². The predicted octanol–water partition coefficient (Wildman–Crippen LogP) is 0.986. The van der Waals surface area contributed by atoms with E-state index in [-0.39, 0.29) is 23.5 Å². The second-order valence-electron chi connectivity index (χ2n) is 5.75. The Hall–Kier alpha value is -2.78. The van der Waals surface area contributed by atoms with Crippen LogP contribution in [-0.4, -0.2) is 41.2 Å². The van der Waals surface area contributed by atoms with E-state index >= 15 is 0 Å². The summed E-state index contributed by atoms with van der Waals surface area (Å²) >= 11 is 0. The number of nitrogens with zero attached hydrogens (tertiary/aromatic N) is 2. The maximum absolute atomic E-state index is 13.3. The second kappa shape index (κ2) is 7.41. The number of anilines is 3. The summed E-state index contributed by atoms with van der Waals surface area (Å²) in [6.45, 7) is 1.09. The number of amides is 1. The summed E-state index contributed by atoms with van der Waals surface area (Å²) in [5.41, 5.74) is 12.0. The summed E-state index contributed by atoms with van der Waals surface area (Å²) in [5.74, 6) is -0.411. The number of pyridine rings is 2. The number of hydrogen-bond donors (Lipinski definition) is 4. The van der Waals surface area contributed by atoms with E-state index in [1.54, 1.807) is 12.1 Å². The van der Waals surface area contributed by atoms with E-state index in [4.69, 9.17) is 16.2 Å². The Labute approximate surface area is 143 Å². The molecule has 8 nitrogen and oxygen atoms in total. The summed E-state index contributed by atoms with van der Waals surface area (Å²) in [4.78, 5) is 19.8. The van der Waals surface area contributed by atoms with Gasteiger partial charge in [-0.3, -0.25) is 9.78 Å². The van der Waals surface area contributed by atoms with Gasteiger partial charge in [-0.25, -0.2) is 9.37 Å². The molecule has 1 saturated heterocycles. The Kier molecular flexibility index (Phi) is 5.05. The Morgan fingerprint density at radius 2 is 2.20 bits per heavy atom. The van der Waals surface area contributed by atoms with Gasteiger partial charge in [0.2, 0.25) is 0 Å². The van der Waals surface area contributed by atoms with E-state index in [9.17, 15) is 9.18 Å². The molecule has 0 saturated carbocycles. The van der Waals surface area contributed by atoms with Crippen molar-refractivity contribution in [1.29, 1.82) is 0 Å². The molecule has 1 amide bonds. The summed E-state index contributed by atoms with van der Waals surface area (Å²) in [7, 11) is 0. The molecule has 2 unspecified atom stereocenters. The van der Waals surface area contributed by atoms with Gasteiger partial charge in [-0.1, -0.05) is 0 Å². The molecule has 0 spiro atoms. The van der Waals surface area contributed by atoms with Crippen LogP contribution in [0.1, 0.15) is 16.8 Å². The zero-order valence-corrected chi connectivity index (χ0v) is 13.4. The molecule has 3 heterocycles. The zero-order valence-electron chi connectivity index (χ0n) is 13.4. The molecule has 1 aliphatic heterocycles. The van der Waals surface area contributed by atoms with Crippen molar-refractivity contribution in [2.45, 2.75) is 18.5 Å². The van der Waals surface area contributed by atoms with Crippen LogP contribution in [-0.2, 0) is 4.74 Å². The van der Waals surface area contributed by atoms with Crippen molar-refractivity contribution in [3.8, 4) is 0 Å². The van der Waals surface area contributed by atoms with Crippen LogP contribution in [0.15, 0.2) is 30.6 Å². The molecule has 2 atom stereocenters. The van der Waals surface area contributed by atoms with Gasteiger partial charge in [0.05, 0.1) is 30.3 Å². The highest BCUT2D eigenvalue weighted by Crippen LogP contribution is 2.22. The van der Waals surface area contributed by atoms with Crippen LogP contribution in [0.2, 0.25) is 0 Å². The Morgan fingerprint density at radius 3 is 2.92 bits per heavy atom. The predicted molar refractivity (Wildman–Crippen MR) is 91.1 cm³/mol. The molecule has 1 fully saturated rings. The van der Waals surface area contributed by atoms with Crippen molar-refractivity contribution in [1.82, 2.24) is 9.97 Å². The Bertz CT molecular complexity index is 772. The molecule has 0 aromatic carbocycles. The summed E-state index contributed by atoms with van der Waals surface area (Å²) < 4.78 is 18.6. The molecule has 2 aromatic heterocycles. The first-order chi connectivity index (χ1) is 12.0. The third-order valence-electron chi connectivity index (χ3n) is 3.86. The van der Waals surface area contributed by atoms with Gasteiger partial charge >= 0.3 is 0 Å². The highest BCUT2D eigenvalue weighted by Gasteiger charge is 2.23. The van der Waals surface area contributed by atoms with Crippen molar-refractivity contribution in [2.75, 3.05) is 23.8 Å². The number of aromatic nitrogens is 2. The zero-order chi connectivity index (χ0) is 17.8. The monoisotopic (exact) mass is 346 g/mol. The third-order valence-corrected chi connectivity index (χ3v) is 3.86. The van der Waals surface area contributed by atoms with E-state index in [2.05, 4.69) is 20.6 Å².